The van der Waals surface area contributed by atoms with Crippen molar-refractivity contribution >= 4 is 17.8 Å². The molecule has 0 aromatic heterocycles. The Morgan fingerprint density at radius 3 is 2.39 bits per heavy atom. The molecule has 0 atom stereocenters. The van der Waals surface area contributed by atoms with Gasteiger partial charge in [-0.1, -0.05) is 42.4 Å². The number of anilines is 2. The molecule has 0 saturated carbocycles. The van der Waals surface area contributed by atoms with Crippen LogP contribution in [0.25, 0.3) is 0 Å². The van der Waals surface area contributed by atoms with Gasteiger partial charge in [0.05, 0.1) is 0 Å². The first-order valence-corrected chi connectivity index (χ1v) is 5.58. The van der Waals surface area contributed by atoms with Gasteiger partial charge in [0.2, 0.25) is 0 Å². The van der Waals surface area contributed by atoms with Crippen LogP contribution in [0, 0.1) is 6.07 Å². The van der Waals surface area contributed by atoms with E-state index in [1.807, 2.05) is 48.9 Å². The quantitative estimate of drug-likeness (QED) is 0.627. The predicted molar refractivity (Wildman–Crippen MR) is 68.9 cm³/mol. The maximum Gasteiger partial charge on any atom is 0.147 e. The van der Waals surface area contributed by atoms with Gasteiger partial charge in [-0.2, -0.15) is 23.9 Å². The van der Waals surface area contributed by atoms with Gasteiger partial charge in [0.15, 0.2) is 0 Å². The molecule has 0 saturated heterocycles. The number of amides is 1. The average Bonchev–Trinajstić information content (AvgIpc) is 2.42. The van der Waals surface area contributed by atoms with E-state index >= 15 is 0 Å². The monoisotopic (exact) mass is 312 g/mol. The molecule has 2 rings (SSSR count). The van der Waals surface area contributed by atoms with Crippen LogP contribution in [0.15, 0.2) is 48.5 Å². The summed E-state index contributed by atoms with van der Waals surface area (Å²) in [7, 11) is 0. The van der Waals surface area contributed by atoms with Gasteiger partial charge in [-0.3, -0.25) is 0 Å². The van der Waals surface area contributed by atoms with Crippen LogP contribution >= 0.6 is 0 Å². The van der Waals surface area contributed by atoms with Gasteiger partial charge in [-0.15, -0.1) is 0 Å². The van der Waals surface area contributed by atoms with Crippen LogP contribution in [-0.2, 0) is 43.9 Å². The Bertz CT molecular complexity index is 482. The maximum atomic E-state index is 11.0. The van der Waals surface area contributed by atoms with Gasteiger partial charge < -0.3 is 9.69 Å². The minimum atomic E-state index is 0. The zero-order valence-electron chi connectivity index (χ0n) is 10.3. The number of para-hydroxylation sites is 1. The first-order valence-electron chi connectivity index (χ1n) is 5.58. The molecule has 0 aliphatic carbocycles. The fourth-order valence-electron chi connectivity index (χ4n) is 1.64. The number of rotatable bonds is 4. The van der Waals surface area contributed by atoms with Gasteiger partial charge >= 0.3 is 0 Å². The Balaban J connectivity index is 0.00000162. The van der Waals surface area contributed by atoms with E-state index < -0.39 is 0 Å². The summed E-state index contributed by atoms with van der Waals surface area (Å²) in [4.78, 5) is 12.5. The molecule has 18 heavy (non-hydrogen) atoms. The molecule has 0 aliphatic heterocycles. The second kappa shape index (κ2) is 7.45. The van der Waals surface area contributed by atoms with Gasteiger partial charge in [0, 0.05) is 32.7 Å². The van der Waals surface area contributed by atoms with Gasteiger partial charge in [-0.05, 0) is 6.42 Å². The van der Waals surface area contributed by atoms with Crippen LogP contribution in [0.2, 0.25) is 0 Å². The Morgan fingerprint density at radius 1 is 1.17 bits per heavy atom. The van der Waals surface area contributed by atoms with Crippen molar-refractivity contribution in [3.05, 3.63) is 60.2 Å². The normalized spacial score (nSPS) is 9.39. The van der Waals surface area contributed by atoms with E-state index in [2.05, 4.69) is 13.0 Å². The van der Waals surface area contributed by atoms with Crippen LogP contribution in [0.5, 0.6) is 0 Å². The Hall–Kier alpha value is -0.986. The molecule has 0 aliphatic rings. The van der Waals surface area contributed by atoms with Crippen LogP contribution in [0.1, 0.15) is 12.5 Å². The van der Waals surface area contributed by atoms with E-state index in [-0.39, 0.29) is 32.7 Å². The smallest absolute Gasteiger partial charge is 0.147 e. The summed E-state index contributed by atoms with van der Waals surface area (Å²) in [6.07, 6.45) is 2.91. The van der Waals surface area contributed by atoms with E-state index in [9.17, 15) is 4.79 Å². The number of nitrogens with zero attached hydrogens (tertiary/aromatic N) is 1. The van der Waals surface area contributed by atoms with Crippen molar-refractivity contribution < 1.29 is 37.5 Å². The summed E-state index contributed by atoms with van der Waals surface area (Å²) < 4.78 is 0. The SMILES string of the molecule is CCc1ccc(N([C-]=O)c2[c-]cccc2)cc1.[Y]. The molecule has 0 N–H and O–H groups in total. The molecule has 0 unspecified atom stereocenters. The number of hydrogen-bond acceptors (Lipinski definition) is 1. The second-order valence-corrected chi connectivity index (χ2v) is 3.69. The Labute approximate surface area is 133 Å². The fraction of sp³-hybridized carbons (Fsp3) is 0.133. The van der Waals surface area contributed by atoms with Crippen LogP contribution in [0.4, 0.5) is 11.4 Å². The first kappa shape index (κ1) is 15.1. The number of aryl methyl sites for hydroxylation is 1. The summed E-state index contributed by atoms with van der Waals surface area (Å²) in [5, 5.41) is 0. The van der Waals surface area contributed by atoms with E-state index in [1.54, 1.807) is 6.07 Å². The molecule has 0 bridgehead atoms. The van der Waals surface area contributed by atoms with Crippen LogP contribution in [-0.4, -0.2) is 6.41 Å². The Morgan fingerprint density at radius 2 is 1.89 bits per heavy atom. The zero-order chi connectivity index (χ0) is 12.1. The van der Waals surface area contributed by atoms with E-state index in [4.69, 9.17) is 0 Å². The topological polar surface area (TPSA) is 20.3 Å². The van der Waals surface area contributed by atoms with Gasteiger partial charge in [0.25, 0.3) is 0 Å². The molecule has 2 nitrogen and oxygen atoms in total. The molecule has 1 radical (unpaired) electrons. The molecule has 0 heterocycles. The average molecular weight is 312 g/mol. The molecule has 0 spiro atoms. The third-order valence-electron chi connectivity index (χ3n) is 2.63. The third-order valence-corrected chi connectivity index (χ3v) is 2.63. The first-order chi connectivity index (χ1) is 8.35. The van der Waals surface area contributed by atoms with Gasteiger partial charge in [-0.25, -0.2) is 12.1 Å². The van der Waals surface area contributed by atoms with Crippen LogP contribution < -0.4 is 4.90 Å². The van der Waals surface area contributed by atoms with E-state index in [1.165, 1.54) is 10.5 Å². The molecule has 89 valence electrons. The van der Waals surface area contributed by atoms with Crippen molar-refractivity contribution in [2.45, 2.75) is 13.3 Å². The molecule has 2 aromatic rings. The second-order valence-electron chi connectivity index (χ2n) is 3.69. The predicted octanol–water partition coefficient (Wildman–Crippen LogP) is 3.25. The van der Waals surface area contributed by atoms with Crippen molar-refractivity contribution in [1.82, 2.24) is 0 Å². The van der Waals surface area contributed by atoms with Crippen molar-refractivity contribution in [3.63, 3.8) is 0 Å². The van der Waals surface area contributed by atoms with Gasteiger partial charge in [0.1, 0.15) is 6.41 Å². The van der Waals surface area contributed by atoms with Crippen molar-refractivity contribution in [2.24, 2.45) is 0 Å². The van der Waals surface area contributed by atoms with E-state index in [0.717, 1.165) is 12.1 Å². The zero-order valence-corrected chi connectivity index (χ0v) is 13.1. The minimum absolute atomic E-state index is 0. The Kier molecular flexibility index (Phi) is 6.24. The van der Waals surface area contributed by atoms with E-state index in [0.29, 0.717) is 5.69 Å². The summed E-state index contributed by atoms with van der Waals surface area (Å²) in [6.45, 7) is 2.10. The summed E-state index contributed by atoms with van der Waals surface area (Å²) in [6, 6.07) is 18.2. The van der Waals surface area contributed by atoms with Crippen LogP contribution in [0.3, 0.4) is 0 Å². The molecule has 1 amide bonds. The number of hydrogen-bond donors (Lipinski definition) is 0. The number of benzene rings is 2. The summed E-state index contributed by atoms with van der Waals surface area (Å²) in [5.74, 6) is 0. The minimum Gasteiger partial charge on any atom is -0.465 e. The molecular weight excluding hydrogens is 299 g/mol. The fourth-order valence-corrected chi connectivity index (χ4v) is 1.64. The molecule has 2 aromatic carbocycles. The largest absolute Gasteiger partial charge is 0.465 e. The molecular formula is C15H13NOY-2. The maximum absolute atomic E-state index is 11.0. The third kappa shape index (κ3) is 3.50. The number of carbonyl (C=O) groups excluding carboxylic acids is 1. The summed E-state index contributed by atoms with van der Waals surface area (Å²) >= 11 is 0. The standard InChI is InChI=1S/C15H13NO.Y/c1-2-13-8-10-15(11-9-13)16(12-17)14-6-4-3-5-7-14;/h3-6,8-11H,2H2,1H3;/q-2;. The van der Waals surface area contributed by atoms with Crippen molar-refractivity contribution in [1.29, 1.82) is 0 Å². The molecule has 0 fully saturated rings. The van der Waals surface area contributed by atoms with Crippen molar-refractivity contribution in [2.75, 3.05) is 4.90 Å². The van der Waals surface area contributed by atoms with Crippen molar-refractivity contribution in [3.8, 4) is 0 Å². The summed E-state index contributed by atoms with van der Waals surface area (Å²) in [5.41, 5.74) is 2.75. The molecule has 3 heteroatoms.